The van der Waals surface area contributed by atoms with Gasteiger partial charge in [0.25, 0.3) is 11.8 Å². The molecule has 0 spiro atoms. The molecular formula is C17H17N3O4. The number of anilines is 1. The summed E-state index contributed by atoms with van der Waals surface area (Å²) in [7, 11) is 3.10. The van der Waals surface area contributed by atoms with Crippen LogP contribution in [0.25, 0.3) is 0 Å². The number of nitrogens with one attached hydrogen (secondary N) is 1. The topological polar surface area (TPSA) is 93.9 Å². The molecule has 124 valence electrons. The van der Waals surface area contributed by atoms with Crippen LogP contribution in [-0.2, 0) is 6.54 Å². The van der Waals surface area contributed by atoms with Crippen molar-refractivity contribution in [1.82, 2.24) is 5.43 Å². The van der Waals surface area contributed by atoms with E-state index in [0.29, 0.717) is 34.9 Å². The SMILES string of the molecule is COc1ccc(N2Cc3ccc(C(=O)NN)cc3C2=O)cc1OC. The normalized spacial score (nSPS) is 12.8. The lowest BCUT2D eigenvalue weighted by Gasteiger charge is -2.17. The van der Waals surface area contributed by atoms with E-state index in [1.165, 1.54) is 0 Å². The Morgan fingerprint density at radius 3 is 2.54 bits per heavy atom. The van der Waals surface area contributed by atoms with Gasteiger partial charge in [-0.05, 0) is 29.8 Å². The minimum absolute atomic E-state index is 0.177. The number of hydrogen-bond acceptors (Lipinski definition) is 5. The number of nitrogen functional groups attached to an aromatic ring is 1. The van der Waals surface area contributed by atoms with Gasteiger partial charge in [0.15, 0.2) is 11.5 Å². The summed E-state index contributed by atoms with van der Waals surface area (Å²) in [6, 6.07) is 10.2. The molecule has 0 bridgehead atoms. The van der Waals surface area contributed by atoms with E-state index in [9.17, 15) is 9.59 Å². The number of carbonyl (C=O) groups is 2. The molecule has 0 unspecified atom stereocenters. The summed E-state index contributed by atoms with van der Waals surface area (Å²) in [6.07, 6.45) is 0. The second-order valence-electron chi connectivity index (χ2n) is 5.28. The third-order valence-corrected chi connectivity index (χ3v) is 3.99. The lowest BCUT2D eigenvalue weighted by Crippen LogP contribution is -2.30. The van der Waals surface area contributed by atoms with Crippen LogP contribution in [0.4, 0.5) is 5.69 Å². The fourth-order valence-electron chi connectivity index (χ4n) is 2.73. The van der Waals surface area contributed by atoms with Crippen LogP contribution in [0.5, 0.6) is 11.5 Å². The number of fused-ring (bicyclic) bond motifs is 1. The summed E-state index contributed by atoms with van der Waals surface area (Å²) in [5, 5.41) is 0. The van der Waals surface area contributed by atoms with E-state index in [2.05, 4.69) is 5.43 Å². The molecule has 3 rings (SSSR count). The molecule has 7 nitrogen and oxygen atoms in total. The van der Waals surface area contributed by atoms with Crippen LogP contribution in [0.2, 0.25) is 0 Å². The van der Waals surface area contributed by atoms with Crippen molar-refractivity contribution in [3.63, 3.8) is 0 Å². The Kier molecular flexibility index (Phi) is 4.09. The Morgan fingerprint density at radius 1 is 1.12 bits per heavy atom. The largest absolute Gasteiger partial charge is 0.493 e. The first-order valence-electron chi connectivity index (χ1n) is 7.26. The van der Waals surface area contributed by atoms with E-state index in [1.54, 1.807) is 55.5 Å². The molecule has 24 heavy (non-hydrogen) atoms. The fraction of sp³-hybridized carbons (Fsp3) is 0.176. The van der Waals surface area contributed by atoms with Gasteiger partial charge in [-0.3, -0.25) is 15.0 Å². The Balaban J connectivity index is 1.95. The summed E-state index contributed by atoms with van der Waals surface area (Å²) in [5.41, 5.74) is 4.44. The third kappa shape index (κ3) is 2.55. The number of hydrazine groups is 1. The van der Waals surface area contributed by atoms with Crippen LogP contribution >= 0.6 is 0 Å². The molecule has 3 N–H and O–H groups in total. The number of nitrogens with two attached hydrogens (primary N) is 1. The molecule has 0 radical (unpaired) electrons. The number of ether oxygens (including phenoxy) is 2. The number of rotatable bonds is 4. The number of amides is 2. The highest BCUT2D eigenvalue weighted by atomic mass is 16.5. The second-order valence-corrected chi connectivity index (χ2v) is 5.28. The summed E-state index contributed by atoms with van der Waals surface area (Å²) in [6.45, 7) is 0.425. The van der Waals surface area contributed by atoms with Crippen LogP contribution in [0, 0.1) is 0 Å². The van der Waals surface area contributed by atoms with E-state index in [4.69, 9.17) is 15.3 Å². The number of carbonyl (C=O) groups excluding carboxylic acids is 2. The van der Waals surface area contributed by atoms with Gasteiger partial charge in [0.2, 0.25) is 0 Å². The van der Waals surface area contributed by atoms with Crippen LogP contribution in [0.15, 0.2) is 36.4 Å². The Labute approximate surface area is 138 Å². The van der Waals surface area contributed by atoms with Crippen molar-refractivity contribution in [2.75, 3.05) is 19.1 Å². The van der Waals surface area contributed by atoms with Gasteiger partial charge >= 0.3 is 0 Å². The van der Waals surface area contributed by atoms with Crippen molar-refractivity contribution < 1.29 is 19.1 Å². The molecule has 2 aromatic rings. The molecule has 2 aromatic carbocycles. The molecule has 0 fully saturated rings. The zero-order valence-corrected chi connectivity index (χ0v) is 13.3. The van der Waals surface area contributed by atoms with Gasteiger partial charge in [0.1, 0.15) is 0 Å². The zero-order valence-electron chi connectivity index (χ0n) is 13.3. The molecule has 1 aliphatic heterocycles. The predicted octanol–water partition coefficient (Wildman–Crippen LogP) is 1.47. The van der Waals surface area contributed by atoms with Gasteiger partial charge in [-0.1, -0.05) is 6.07 Å². The van der Waals surface area contributed by atoms with Gasteiger partial charge in [0.05, 0.1) is 20.8 Å². The van der Waals surface area contributed by atoms with Crippen LogP contribution < -0.4 is 25.6 Å². The standard InChI is InChI=1S/C17H17N3O4/c1-23-14-6-5-12(8-15(14)24-2)20-9-11-4-3-10(16(21)19-18)7-13(11)17(20)22/h3-8H,9,18H2,1-2H3,(H,19,21). The maximum absolute atomic E-state index is 12.7. The van der Waals surface area contributed by atoms with Gasteiger partial charge in [-0.25, -0.2) is 5.84 Å². The van der Waals surface area contributed by atoms with Crippen molar-refractivity contribution in [2.45, 2.75) is 6.54 Å². The molecule has 1 heterocycles. The molecule has 2 amide bonds. The number of hydrogen-bond donors (Lipinski definition) is 2. The van der Waals surface area contributed by atoms with Crippen molar-refractivity contribution >= 4 is 17.5 Å². The van der Waals surface area contributed by atoms with E-state index in [0.717, 1.165) is 5.56 Å². The minimum atomic E-state index is -0.435. The quantitative estimate of drug-likeness (QED) is 0.504. The average molecular weight is 327 g/mol. The highest BCUT2D eigenvalue weighted by molar-refractivity contribution is 6.11. The molecule has 0 saturated carbocycles. The minimum Gasteiger partial charge on any atom is -0.493 e. The maximum Gasteiger partial charge on any atom is 0.265 e. The van der Waals surface area contributed by atoms with Gasteiger partial charge in [-0.2, -0.15) is 0 Å². The summed E-state index contributed by atoms with van der Waals surface area (Å²) in [4.78, 5) is 26.0. The van der Waals surface area contributed by atoms with Crippen LogP contribution in [0.1, 0.15) is 26.3 Å². The highest BCUT2D eigenvalue weighted by Gasteiger charge is 2.29. The molecule has 1 aliphatic rings. The lowest BCUT2D eigenvalue weighted by molar-refractivity contribution is 0.0953. The average Bonchev–Trinajstić information content (AvgIpc) is 2.96. The Morgan fingerprint density at radius 2 is 1.88 bits per heavy atom. The number of methoxy groups -OCH3 is 2. The summed E-state index contributed by atoms with van der Waals surface area (Å²) in [5.74, 6) is 5.66. The predicted molar refractivity (Wildman–Crippen MR) is 88.2 cm³/mol. The van der Waals surface area contributed by atoms with Crippen molar-refractivity contribution in [3.05, 3.63) is 53.1 Å². The van der Waals surface area contributed by atoms with E-state index in [-0.39, 0.29) is 5.91 Å². The molecular weight excluding hydrogens is 310 g/mol. The van der Waals surface area contributed by atoms with Gasteiger partial charge in [0, 0.05) is 22.9 Å². The molecule has 0 aliphatic carbocycles. The molecule has 7 heteroatoms. The van der Waals surface area contributed by atoms with E-state index < -0.39 is 5.91 Å². The third-order valence-electron chi connectivity index (χ3n) is 3.99. The first-order chi connectivity index (χ1) is 11.6. The van der Waals surface area contributed by atoms with E-state index >= 15 is 0 Å². The zero-order chi connectivity index (χ0) is 17.3. The number of benzene rings is 2. The summed E-state index contributed by atoms with van der Waals surface area (Å²) >= 11 is 0. The lowest BCUT2D eigenvalue weighted by atomic mass is 10.1. The maximum atomic E-state index is 12.7. The molecule has 0 aromatic heterocycles. The Bertz CT molecular complexity index is 819. The highest BCUT2D eigenvalue weighted by Crippen LogP contribution is 2.35. The van der Waals surface area contributed by atoms with Crippen LogP contribution in [-0.4, -0.2) is 26.0 Å². The molecule has 0 saturated heterocycles. The van der Waals surface area contributed by atoms with Gasteiger partial charge < -0.3 is 14.4 Å². The van der Waals surface area contributed by atoms with Crippen molar-refractivity contribution in [1.29, 1.82) is 0 Å². The van der Waals surface area contributed by atoms with E-state index in [1.807, 2.05) is 0 Å². The number of nitrogens with zero attached hydrogens (tertiary/aromatic N) is 1. The fourth-order valence-corrected chi connectivity index (χ4v) is 2.73. The monoisotopic (exact) mass is 327 g/mol. The first kappa shape index (κ1) is 15.8. The second kappa shape index (κ2) is 6.21. The van der Waals surface area contributed by atoms with Crippen LogP contribution in [0.3, 0.4) is 0 Å². The summed E-state index contributed by atoms with van der Waals surface area (Å²) < 4.78 is 10.5. The first-order valence-corrected chi connectivity index (χ1v) is 7.26. The van der Waals surface area contributed by atoms with Crippen molar-refractivity contribution in [2.24, 2.45) is 5.84 Å². The molecule has 0 atom stereocenters. The van der Waals surface area contributed by atoms with Gasteiger partial charge in [-0.15, -0.1) is 0 Å². The van der Waals surface area contributed by atoms with Crippen molar-refractivity contribution in [3.8, 4) is 11.5 Å². The Hall–Kier alpha value is -3.06. The smallest absolute Gasteiger partial charge is 0.265 e.